The largest absolute Gasteiger partial charge is 0.416 e. The molecule has 0 unspecified atom stereocenters. The van der Waals surface area contributed by atoms with Gasteiger partial charge in [-0.25, -0.2) is 9.37 Å². The number of carbonyl (C=O) groups excluding carboxylic acids is 1. The van der Waals surface area contributed by atoms with Gasteiger partial charge in [-0.2, -0.15) is 13.2 Å². The van der Waals surface area contributed by atoms with Crippen LogP contribution in [0, 0.1) is 5.82 Å². The van der Waals surface area contributed by atoms with Crippen LogP contribution in [-0.2, 0) is 17.5 Å². The summed E-state index contributed by atoms with van der Waals surface area (Å²) < 4.78 is 54.4. The molecule has 0 atom stereocenters. The molecule has 1 amide bonds. The first-order valence-corrected chi connectivity index (χ1v) is 11.0. The molecule has 0 saturated carbocycles. The third-order valence-corrected chi connectivity index (χ3v) is 6.09. The van der Waals surface area contributed by atoms with Crippen LogP contribution in [-0.4, -0.2) is 28.3 Å². The molecule has 0 aliphatic rings. The Kier molecular flexibility index (Phi) is 6.42. The van der Waals surface area contributed by atoms with Crippen molar-refractivity contribution in [1.82, 2.24) is 9.55 Å². The van der Waals surface area contributed by atoms with Crippen LogP contribution in [0.5, 0.6) is 0 Å². The molecule has 1 aromatic heterocycles. The summed E-state index contributed by atoms with van der Waals surface area (Å²) in [4.78, 5) is 18.7. The van der Waals surface area contributed by atoms with E-state index < -0.39 is 17.6 Å². The number of aromatic nitrogens is 2. The maximum atomic E-state index is 13.2. The number of rotatable bonds is 6. The van der Waals surface area contributed by atoms with Crippen LogP contribution in [0.25, 0.3) is 11.0 Å². The lowest BCUT2D eigenvalue weighted by molar-refractivity contribution is -0.137. The number of hydrogen-bond acceptors (Lipinski definition) is 3. The molecular weight excluding hydrogens is 454 g/mol. The van der Waals surface area contributed by atoms with Gasteiger partial charge in [0.2, 0.25) is 5.91 Å². The molecule has 0 aliphatic carbocycles. The van der Waals surface area contributed by atoms with E-state index >= 15 is 0 Å². The summed E-state index contributed by atoms with van der Waals surface area (Å²) in [7, 11) is 1.60. The summed E-state index contributed by atoms with van der Waals surface area (Å²) in [6.07, 6.45) is -4.43. The van der Waals surface area contributed by atoms with Crippen LogP contribution in [0.15, 0.2) is 78.0 Å². The van der Waals surface area contributed by atoms with Crippen molar-refractivity contribution in [2.75, 3.05) is 17.7 Å². The lowest BCUT2D eigenvalue weighted by Crippen LogP contribution is -2.28. The van der Waals surface area contributed by atoms with Crippen LogP contribution in [0.2, 0.25) is 0 Å². The zero-order valence-electron chi connectivity index (χ0n) is 17.5. The number of halogens is 4. The number of amides is 1. The van der Waals surface area contributed by atoms with Crippen molar-refractivity contribution in [3.63, 3.8) is 0 Å². The van der Waals surface area contributed by atoms with Crippen LogP contribution in [0.4, 0.5) is 23.2 Å². The average molecular weight is 473 g/mol. The zero-order valence-corrected chi connectivity index (χ0v) is 18.3. The molecule has 170 valence electrons. The van der Waals surface area contributed by atoms with Gasteiger partial charge in [0.15, 0.2) is 5.16 Å². The van der Waals surface area contributed by atoms with Gasteiger partial charge in [0, 0.05) is 12.7 Å². The smallest absolute Gasteiger partial charge is 0.315 e. The molecule has 0 bridgehead atoms. The fourth-order valence-electron chi connectivity index (χ4n) is 3.38. The predicted molar refractivity (Wildman–Crippen MR) is 121 cm³/mol. The lowest BCUT2D eigenvalue weighted by atomic mass is 10.1. The second-order valence-electron chi connectivity index (χ2n) is 7.39. The second kappa shape index (κ2) is 9.27. The van der Waals surface area contributed by atoms with Gasteiger partial charge in [-0.15, -0.1) is 0 Å². The van der Waals surface area contributed by atoms with Gasteiger partial charge in [0.1, 0.15) is 5.82 Å². The Morgan fingerprint density at radius 2 is 1.76 bits per heavy atom. The molecule has 0 spiro atoms. The molecule has 0 radical (unpaired) electrons. The van der Waals surface area contributed by atoms with Gasteiger partial charge in [-0.3, -0.25) is 4.79 Å². The summed E-state index contributed by atoms with van der Waals surface area (Å²) in [5.41, 5.74) is 1.77. The summed E-state index contributed by atoms with van der Waals surface area (Å²) in [6, 6.07) is 18.1. The Morgan fingerprint density at radius 1 is 1.03 bits per heavy atom. The van der Waals surface area contributed by atoms with Crippen molar-refractivity contribution in [3.8, 4) is 0 Å². The van der Waals surface area contributed by atoms with Crippen molar-refractivity contribution in [1.29, 1.82) is 0 Å². The van der Waals surface area contributed by atoms with Gasteiger partial charge in [-0.05, 0) is 54.1 Å². The van der Waals surface area contributed by atoms with Gasteiger partial charge in [-0.1, -0.05) is 36.0 Å². The Bertz CT molecular complexity index is 1290. The van der Waals surface area contributed by atoms with Crippen molar-refractivity contribution in [2.24, 2.45) is 0 Å². The van der Waals surface area contributed by atoms with Crippen LogP contribution >= 0.6 is 11.8 Å². The van der Waals surface area contributed by atoms with Gasteiger partial charge in [0.25, 0.3) is 0 Å². The van der Waals surface area contributed by atoms with Crippen LogP contribution in [0.1, 0.15) is 11.1 Å². The summed E-state index contributed by atoms with van der Waals surface area (Å²) in [5.74, 6) is -0.554. The third-order valence-electron chi connectivity index (χ3n) is 5.13. The first kappa shape index (κ1) is 22.8. The van der Waals surface area contributed by atoms with E-state index in [0.29, 0.717) is 21.9 Å². The fourth-order valence-corrected chi connectivity index (χ4v) is 4.30. The number of anilines is 1. The summed E-state index contributed by atoms with van der Waals surface area (Å²) in [5, 5.41) is 0.523. The molecule has 0 fully saturated rings. The maximum Gasteiger partial charge on any atom is 0.416 e. The van der Waals surface area contributed by atoms with E-state index in [-0.39, 0.29) is 18.2 Å². The monoisotopic (exact) mass is 473 g/mol. The number of imidazole rings is 1. The van der Waals surface area contributed by atoms with Crippen molar-refractivity contribution >= 4 is 34.4 Å². The molecule has 0 N–H and O–H groups in total. The number of nitrogens with zero attached hydrogens (tertiary/aromatic N) is 3. The molecule has 4 nitrogen and oxygen atoms in total. The number of thioether (sulfide) groups is 1. The van der Waals surface area contributed by atoms with Gasteiger partial charge >= 0.3 is 6.18 Å². The minimum absolute atomic E-state index is 0.0553. The highest BCUT2D eigenvalue weighted by molar-refractivity contribution is 7.99. The van der Waals surface area contributed by atoms with Crippen molar-refractivity contribution in [2.45, 2.75) is 17.9 Å². The number of carbonyl (C=O) groups is 1. The maximum absolute atomic E-state index is 13.2. The zero-order chi connectivity index (χ0) is 23.6. The molecular formula is C24H19F4N3OS. The van der Waals surface area contributed by atoms with Gasteiger partial charge < -0.3 is 9.47 Å². The fraction of sp³-hybridized carbons (Fsp3) is 0.167. The topological polar surface area (TPSA) is 38.1 Å². The molecule has 9 heteroatoms. The van der Waals surface area contributed by atoms with E-state index in [1.165, 1.54) is 47.0 Å². The lowest BCUT2D eigenvalue weighted by Gasteiger charge is -2.17. The second-order valence-corrected chi connectivity index (χ2v) is 8.33. The van der Waals surface area contributed by atoms with E-state index in [2.05, 4.69) is 4.98 Å². The SMILES string of the molecule is CN(C(=O)CSc1nc2ccccc2n1Cc1cccc(C(F)(F)F)c1)c1ccc(F)cc1. The Labute approximate surface area is 191 Å². The van der Waals surface area contributed by atoms with E-state index in [0.717, 1.165) is 17.6 Å². The number of benzene rings is 3. The first-order valence-electron chi connectivity index (χ1n) is 9.99. The number of fused-ring (bicyclic) bond motifs is 1. The molecule has 4 aromatic rings. The van der Waals surface area contributed by atoms with Crippen molar-refractivity contribution in [3.05, 3.63) is 89.7 Å². The Hall–Kier alpha value is -3.33. The van der Waals surface area contributed by atoms with E-state index in [1.54, 1.807) is 17.7 Å². The Morgan fingerprint density at radius 3 is 2.48 bits per heavy atom. The highest BCUT2D eigenvalue weighted by Crippen LogP contribution is 2.31. The van der Waals surface area contributed by atoms with Crippen LogP contribution < -0.4 is 4.90 Å². The van der Waals surface area contributed by atoms with E-state index in [1.807, 2.05) is 24.3 Å². The molecule has 0 aliphatic heterocycles. The molecule has 1 heterocycles. The Balaban J connectivity index is 1.58. The van der Waals surface area contributed by atoms with Crippen LogP contribution in [0.3, 0.4) is 0 Å². The molecule has 4 rings (SSSR count). The van der Waals surface area contributed by atoms with Crippen molar-refractivity contribution < 1.29 is 22.4 Å². The molecule has 0 saturated heterocycles. The first-order chi connectivity index (χ1) is 15.7. The van der Waals surface area contributed by atoms with Gasteiger partial charge in [0.05, 0.1) is 28.9 Å². The quantitative estimate of drug-likeness (QED) is 0.255. The van der Waals surface area contributed by atoms with E-state index in [4.69, 9.17) is 0 Å². The minimum atomic E-state index is -4.43. The number of alkyl halides is 3. The average Bonchev–Trinajstić information content (AvgIpc) is 3.14. The highest BCUT2D eigenvalue weighted by atomic mass is 32.2. The highest BCUT2D eigenvalue weighted by Gasteiger charge is 2.30. The predicted octanol–water partition coefficient (Wildman–Crippen LogP) is 6.00. The third kappa shape index (κ3) is 5.19. The molecule has 33 heavy (non-hydrogen) atoms. The number of hydrogen-bond donors (Lipinski definition) is 0. The summed E-state index contributed by atoms with van der Waals surface area (Å²) >= 11 is 1.20. The standard InChI is InChI=1S/C24H19F4N3OS/c1-30(19-11-9-18(25)10-12-19)22(32)15-33-23-29-20-7-2-3-8-21(20)31(23)14-16-5-4-6-17(13-16)24(26,27)28/h2-13H,14-15H2,1H3. The summed E-state index contributed by atoms with van der Waals surface area (Å²) in [6.45, 7) is 0.175. The van der Waals surface area contributed by atoms with E-state index in [9.17, 15) is 22.4 Å². The number of para-hydroxylation sites is 2. The normalized spacial score (nSPS) is 11.7. The minimum Gasteiger partial charge on any atom is -0.315 e. The molecule has 3 aromatic carbocycles.